The number of hydrogen-bond donors (Lipinski definition) is 5. The highest BCUT2D eigenvalue weighted by atomic mass is 16.2. The van der Waals surface area contributed by atoms with Gasteiger partial charge in [-0.1, -0.05) is 0 Å². The van der Waals surface area contributed by atoms with E-state index < -0.39 is 5.91 Å². The third-order valence-corrected chi connectivity index (χ3v) is 1.18. The summed E-state index contributed by atoms with van der Waals surface area (Å²) in [4.78, 5) is 10.9. The van der Waals surface area contributed by atoms with Crippen LogP contribution in [0.25, 0.3) is 0 Å². The molecule has 60 valence electrons. The lowest BCUT2D eigenvalue weighted by atomic mass is 10.3. The number of carbonyl (C=O) groups is 1. The van der Waals surface area contributed by atoms with Gasteiger partial charge < -0.3 is 11.5 Å². The number of nitrogens with two attached hydrogens (primary N) is 3. The van der Waals surface area contributed by atoms with Gasteiger partial charge in [0.15, 0.2) is 5.82 Å². The number of hydrazine groups is 1. The lowest BCUT2D eigenvalue weighted by molar-refractivity contribution is 0.0955. The van der Waals surface area contributed by atoms with Gasteiger partial charge in [-0.2, -0.15) is 5.10 Å². The van der Waals surface area contributed by atoms with Crippen LogP contribution >= 0.6 is 0 Å². The van der Waals surface area contributed by atoms with Crippen LogP contribution in [0.4, 0.5) is 11.6 Å². The number of amides is 1. The lowest BCUT2D eigenvalue weighted by Crippen LogP contribution is -2.30. The third-order valence-electron chi connectivity index (χ3n) is 1.18. The molecule has 0 aliphatic carbocycles. The number of nitrogens with one attached hydrogen (secondary N) is 2. The first-order valence-electron chi connectivity index (χ1n) is 2.77. The molecule has 0 saturated carbocycles. The summed E-state index contributed by atoms with van der Waals surface area (Å²) >= 11 is 0. The molecule has 1 heterocycles. The zero-order chi connectivity index (χ0) is 8.43. The summed E-state index contributed by atoms with van der Waals surface area (Å²) in [5.41, 5.74) is 12.5. The first-order valence-corrected chi connectivity index (χ1v) is 2.77. The van der Waals surface area contributed by atoms with Gasteiger partial charge in [0.2, 0.25) is 0 Å². The van der Waals surface area contributed by atoms with Gasteiger partial charge in [-0.25, -0.2) is 5.84 Å². The second-order valence-electron chi connectivity index (χ2n) is 1.87. The van der Waals surface area contributed by atoms with Crippen LogP contribution in [0.5, 0.6) is 0 Å². The maximum absolute atomic E-state index is 10.9. The van der Waals surface area contributed by atoms with Gasteiger partial charge in [0, 0.05) is 0 Å². The van der Waals surface area contributed by atoms with Crippen molar-refractivity contribution in [1.29, 1.82) is 0 Å². The smallest absolute Gasteiger partial charge is 0.272 e. The van der Waals surface area contributed by atoms with Gasteiger partial charge in [-0.3, -0.25) is 15.3 Å². The topological polar surface area (TPSA) is 136 Å². The molecule has 7 heteroatoms. The summed E-state index contributed by atoms with van der Waals surface area (Å²) in [6, 6.07) is 0. The van der Waals surface area contributed by atoms with E-state index in [9.17, 15) is 4.79 Å². The molecule has 8 N–H and O–H groups in total. The molecule has 0 atom stereocenters. The second kappa shape index (κ2) is 2.46. The Balaban J connectivity index is 3.10. The number of anilines is 2. The maximum atomic E-state index is 10.9. The molecule has 1 aromatic heterocycles. The molecule has 1 aromatic rings. The Hall–Kier alpha value is -1.76. The molecule has 11 heavy (non-hydrogen) atoms. The zero-order valence-corrected chi connectivity index (χ0v) is 5.59. The van der Waals surface area contributed by atoms with Crippen LogP contribution in [-0.4, -0.2) is 16.1 Å². The van der Waals surface area contributed by atoms with Crippen molar-refractivity contribution in [3.8, 4) is 0 Å². The number of carbonyl (C=O) groups excluding carboxylic acids is 1. The fraction of sp³-hybridized carbons (Fsp3) is 0. The molecule has 0 aliphatic heterocycles. The van der Waals surface area contributed by atoms with E-state index in [0.717, 1.165) is 0 Å². The zero-order valence-electron chi connectivity index (χ0n) is 5.59. The van der Waals surface area contributed by atoms with Crippen molar-refractivity contribution in [3.05, 3.63) is 5.56 Å². The molecule has 0 aliphatic rings. The molecule has 0 bridgehead atoms. The van der Waals surface area contributed by atoms with Gasteiger partial charge in [0.1, 0.15) is 11.4 Å². The average molecular weight is 156 g/mol. The molecular weight excluding hydrogens is 148 g/mol. The van der Waals surface area contributed by atoms with Gasteiger partial charge in [-0.15, -0.1) is 0 Å². The fourth-order valence-corrected chi connectivity index (χ4v) is 0.681. The van der Waals surface area contributed by atoms with E-state index in [-0.39, 0.29) is 17.2 Å². The van der Waals surface area contributed by atoms with E-state index in [2.05, 4.69) is 10.2 Å². The monoisotopic (exact) mass is 156 g/mol. The van der Waals surface area contributed by atoms with E-state index in [1.54, 1.807) is 0 Å². The summed E-state index contributed by atoms with van der Waals surface area (Å²) in [5.74, 6) is 4.42. The molecule has 0 radical (unpaired) electrons. The molecule has 0 saturated heterocycles. The predicted molar refractivity (Wildman–Crippen MR) is 39.1 cm³/mol. The standard InChI is InChI=1S/C4H8N6O/c5-2-1(4(11)8-7)3(6)10-9-2/h7H2,(H,8,11)(H5,5,6,9,10). The summed E-state index contributed by atoms with van der Waals surface area (Å²) in [6.07, 6.45) is 0. The van der Waals surface area contributed by atoms with Crippen molar-refractivity contribution in [1.82, 2.24) is 15.6 Å². The summed E-state index contributed by atoms with van der Waals surface area (Å²) in [5, 5.41) is 5.84. The van der Waals surface area contributed by atoms with E-state index in [4.69, 9.17) is 17.3 Å². The van der Waals surface area contributed by atoms with Gasteiger partial charge in [-0.05, 0) is 0 Å². The molecule has 1 amide bonds. The first kappa shape index (κ1) is 7.35. The fourth-order valence-electron chi connectivity index (χ4n) is 0.681. The number of hydrogen-bond acceptors (Lipinski definition) is 5. The van der Waals surface area contributed by atoms with Crippen LogP contribution in [-0.2, 0) is 0 Å². The van der Waals surface area contributed by atoms with E-state index in [1.165, 1.54) is 0 Å². The van der Waals surface area contributed by atoms with Crippen molar-refractivity contribution in [2.45, 2.75) is 0 Å². The number of H-pyrrole nitrogens is 1. The Bertz CT molecular complexity index is 259. The minimum Gasteiger partial charge on any atom is -0.383 e. The highest BCUT2D eigenvalue weighted by Gasteiger charge is 2.14. The van der Waals surface area contributed by atoms with E-state index in [0.29, 0.717) is 0 Å². The van der Waals surface area contributed by atoms with Gasteiger partial charge in [0.05, 0.1) is 0 Å². The van der Waals surface area contributed by atoms with Crippen LogP contribution in [0, 0.1) is 0 Å². The molecule has 0 aromatic carbocycles. The first-order chi connectivity index (χ1) is 5.16. The van der Waals surface area contributed by atoms with Crippen LogP contribution < -0.4 is 22.7 Å². The Labute approximate surface area is 61.9 Å². The second-order valence-corrected chi connectivity index (χ2v) is 1.87. The molecule has 1 rings (SSSR count). The average Bonchev–Trinajstić information content (AvgIpc) is 2.30. The number of nitrogen functional groups attached to an aromatic ring is 3. The van der Waals surface area contributed by atoms with Crippen molar-refractivity contribution >= 4 is 17.5 Å². The van der Waals surface area contributed by atoms with E-state index in [1.807, 2.05) is 5.43 Å². The lowest BCUT2D eigenvalue weighted by Gasteiger charge is -1.96. The minimum atomic E-state index is -0.561. The van der Waals surface area contributed by atoms with Gasteiger partial charge >= 0.3 is 0 Å². The number of aromatic nitrogens is 2. The Morgan fingerprint density at radius 2 is 2.18 bits per heavy atom. The third kappa shape index (κ3) is 1.08. The highest BCUT2D eigenvalue weighted by Crippen LogP contribution is 2.13. The molecule has 0 fully saturated rings. The van der Waals surface area contributed by atoms with Crippen molar-refractivity contribution in [2.24, 2.45) is 5.84 Å². The molecule has 7 nitrogen and oxygen atoms in total. The largest absolute Gasteiger partial charge is 0.383 e. The molecule has 0 unspecified atom stereocenters. The quantitative estimate of drug-likeness (QED) is 0.185. The SMILES string of the molecule is NNC(=O)c1c(N)n[nH]c1N. The highest BCUT2D eigenvalue weighted by molar-refractivity contribution is 6.02. The normalized spacial score (nSPS) is 9.55. The predicted octanol–water partition coefficient (Wildman–Crippen LogP) is -1.82. The number of rotatable bonds is 1. The van der Waals surface area contributed by atoms with Crippen LogP contribution in [0.1, 0.15) is 10.4 Å². The van der Waals surface area contributed by atoms with Crippen LogP contribution in [0.3, 0.4) is 0 Å². The number of nitrogens with zero attached hydrogens (tertiary/aromatic N) is 1. The van der Waals surface area contributed by atoms with Gasteiger partial charge in [0.25, 0.3) is 5.91 Å². The summed E-state index contributed by atoms with van der Waals surface area (Å²) < 4.78 is 0. The number of aromatic amines is 1. The minimum absolute atomic E-state index is 0.0328. The Morgan fingerprint density at radius 3 is 2.55 bits per heavy atom. The van der Waals surface area contributed by atoms with Crippen LogP contribution in [0.15, 0.2) is 0 Å². The Morgan fingerprint density at radius 1 is 1.55 bits per heavy atom. The maximum Gasteiger partial charge on any atom is 0.272 e. The van der Waals surface area contributed by atoms with Crippen LogP contribution in [0.2, 0.25) is 0 Å². The summed E-state index contributed by atoms with van der Waals surface area (Å²) in [7, 11) is 0. The van der Waals surface area contributed by atoms with Crippen molar-refractivity contribution in [3.63, 3.8) is 0 Å². The molecular formula is C4H8N6O. The van der Waals surface area contributed by atoms with Crippen molar-refractivity contribution < 1.29 is 4.79 Å². The van der Waals surface area contributed by atoms with E-state index >= 15 is 0 Å². The molecule has 0 spiro atoms. The van der Waals surface area contributed by atoms with Crippen molar-refractivity contribution in [2.75, 3.05) is 11.5 Å². The summed E-state index contributed by atoms with van der Waals surface area (Å²) in [6.45, 7) is 0. The Kier molecular flexibility index (Phi) is 1.65.